The molecule has 0 aliphatic carbocycles. The predicted octanol–water partition coefficient (Wildman–Crippen LogP) is 1.17. The third-order valence-corrected chi connectivity index (χ3v) is 4.46. The van der Waals surface area contributed by atoms with Crippen molar-refractivity contribution in [2.45, 2.75) is 0 Å². The number of rotatable bonds is 1. The number of nitrogens with zero attached hydrogens (tertiary/aromatic N) is 4. The Labute approximate surface area is 93.9 Å². The van der Waals surface area contributed by atoms with Crippen molar-refractivity contribution in [2.24, 2.45) is 0 Å². The summed E-state index contributed by atoms with van der Waals surface area (Å²) in [6.07, 6.45) is 0. The van der Waals surface area contributed by atoms with Crippen LogP contribution in [-0.4, -0.2) is 32.9 Å². The topological polar surface area (TPSA) is 68.8 Å². The molecule has 0 atom stereocenters. The van der Waals surface area contributed by atoms with E-state index in [9.17, 15) is 8.42 Å². The molecular weight excluding hydrogens is 228 g/mol. The van der Waals surface area contributed by atoms with Crippen molar-refractivity contribution in [1.29, 1.82) is 5.39 Å². The fourth-order valence-electron chi connectivity index (χ4n) is 1.58. The van der Waals surface area contributed by atoms with Gasteiger partial charge in [-0.05, 0) is 12.1 Å². The predicted molar refractivity (Wildman–Crippen MR) is 60.1 cm³/mol. The second-order valence-corrected chi connectivity index (χ2v) is 5.48. The van der Waals surface area contributed by atoms with Gasteiger partial charge >= 0.3 is 15.9 Å². The molecule has 1 aromatic carbocycles. The minimum atomic E-state index is -3.36. The van der Waals surface area contributed by atoms with Crippen molar-refractivity contribution in [1.82, 2.24) is 4.31 Å². The van der Waals surface area contributed by atoms with Crippen molar-refractivity contribution in [3.63, 3.8) is 0 Å². The second kappa shape index (κ2) is 3.73. The number of likely N-dealkylation sites (N-methyl/N-ethyl adjacent to an activating group) is 1. The monoisotopic (exact) mass is 239 g/mol. The van der Waals surface area contributed by atoms with E-state index in [-0.39, 0.29) is 0 Å². The van der Waals surface area contributed by atoms with Crippen molar-refractivity contribution < 1.29 is 8.42 Å². The summed E-state index contributed by atoms with van der Waals surface area (Å²) in [5.41, 5.74) is 0.977. The highest BCUT2D eigenvalue weighted by atomic mass is 32.2. The van der Waals surface area contributed by atoms with E-state index in [4.69, 9.17) is 5.39 Å². The zero-order valence-corrected chi connectivity index (χ0v) is 9.55. The second-order valence-electron chi connectivity index (χ2n) is 3.52. The number of benzene rings is 1. The van der Waals surface area contributed by atoms with Crippen LogP contribution in [0.3, 0.4) is 0 Å². The van der Waals surface area contributed by atoms with E-state index in [1.54, 1.807) is 31.3 Å². The van der Waals surface area contributed by atoms with Crippen LogP contribution in [0.2, 0.25) is 0 Å². The summed E-state index contributed by atoms with van der Waals surface area (Å²) in [5, 5.41) is 8.52. The Bertz CT molecular complexity index is 532. The highest BCUT2D eigenvalue weighted by molar-refractivity contribution is 7.90. The van der Waals surface area contributed by atoms with E-state index in [1.165, 1.54) is 8.61 Å². The molecule has 0 saturated carbocycles. The average Bonchev–Trinajstić information content (AvgIpc) is 2.54. The van der Waals surface area contributed by atoms with Crippen LogP contribution in [0.5, 0.6) is 0 Å². The number of hydrogen-bond acceptors (Lipinski definition) is 3. The number of diazo groups is 1. The minimum absolute atomic E-state index is 0.397. The van der Waals surface area contributed by atoms with Crippen molar-refractivity contribution in [3.8, 4) is 0 Å². The lowest BCUT2D eigenvalue weighted by Crippen LogP contribution is -2.30. The first-order chi connectivity index (χ1) is 7.55. The van der Waals surface area contributed by atoms with Gasteiger partial charge in [0.25, 0.3) is 0 Å². The molecule has 0 amide bonds. The molecule has 1 aromatic rings. The zero-order chi connectivity index (χ0) is 11.8. The largest absolute Gasteiger partial charge is 0.385 e. The third-order valence-electron chi connectivity index (χ3n) is 2.54. The lowest BCUT2D eigenvalue weighted by atomic mass is 10.3. The van der Waals surface area contributed by atoms with Crippen molar-refractivity contribution >= 4 is 21.6 Å². The first-order valence-corrected chi connectivity index (χ1v) is 6.14. The van der Waals surface area contributed by atoms with Gasteiger partial charge in [-0.3, -0.25) is 4.31 Å². The van der Waals surface area contributed by atoms with Crippen LogP contribution in [0.25, 0.3) is 4.98 Å². The molecule has 0 radical (unpaired) electrons. The summed E-state index contributed by atoms with van der Waals surface area (Å²) >= 11 is 0. The van der Waals surface area contributed by atoms with Gasteiger partial charge in [-0.15, -0.1) is 0 Å². The molecule has 1 aliphatic rings. The highest BCUT2D eigenvalue weighted by Crippen LogP contribution is 2.26. The molecule has 1 aliphatic heterocycles. The molecule has 0 spiro atoms. The molecule has 6 nitrogen and oxygen atoms in total. The van der Waals surface area contributed by atoms with Crippen LogP contribution in [0.1, 0.15) is 0 Å². The Hall–Kier alpha value is -1.65. The molecule has 0 bridgehead atoms. The van der Waals surface area contributed by atoms with Crippen LogP contribution in [0.15, 0.2) is 24.3 Å². The van der Waals surface area contributed by atoms with Gasteiger partial charge in [0.2, 0.25) is 5.39 Å². The van der Waals surface area contributed by atoms with E-state index < -0.39 is 10.2 Å². The maximum Gasteiger partial charge on any atom is 0.385 e. The van der Waals surface area contributed by atoms with E-state index in [0.29, 0.717) is 24.5 Å². The molecule has 2 rings (SSSR count). The van der Waals surface area contributed by atoms with Gasteiger partial charge in [0, 0.05) is 32.3 Å². The van der Waals surface area contributed by atoms with Crippen LogP contribution in [0, 0.1) is 5.39 Å². The number of anilines is 1. The van der Waals surface area contributed by atoms with Gasteiger partial charge in [-0.2, -0.15) is 12.7 Å². The lowest BCUT2D eigenvalue weighted by molar-refractivity contribution is 0.511. The minimum Gasteiger partial charge on any atom is -0.256 e. The number of hydrogen-bond donors (Lipinski definition) is 0. The molecule has 16 heavy (non-hydrogen) atoms. The summed E-state index contributed by atoms with van der Waals surface area (Å²) in [6.45, 7) is 0.920. The SMILES string of the molecule is CN1CCN(c2ccc([N+]#N)cc2)S1(=O)=O. The van der Waals surface area contributed by atoms with Crippen molar-refractivity contribution in [2.75, 3.05) is 24.4 Å². The highest BCUT2D eigenvalue weighted by Gasteiger charge is 2.33. The molecule has 1 fully saturated rings. The molecule has 84 valence electrons. The van der Waals surface area contributed by atoms with Gasteiger partial charge in [0.15, 0.2) is 4.98 Å². The normalized spacial score (nSPS) is 19.6. The zero-order valence-electron chi connectivity index (χ0n) is 8.74. The van der Waals surface area contributed by atoms with Crippen LogP contribution < -0.4 is 4.31 Å². The Morgan fingerprint density at radius 3 is 2.31 bits per heavy atom. The maximum atomic E-state index is 11.8. The van der Waals surface area contributed by atoms with E-state index in [2.05, 4.69) is 4.98 Å². The van der Waals surface area contributed by atoms with Gasteiger partial charge < -0.3 is 0 Å². The van der Waals surface area contributed by atoms with Crippen LogP contribution >= 0.6 is 0 Å². The van der Waals surface area contributed by atoms with E-state index in [1.807, 2.05) is 0 Å². The van der Waals surface area contributed by atoms with Crippen molar-refractivity contribution in [3.05, 3.63) is 29.2 Å². The van der Waals surface area contributed by atoms with Gasteiger partial charge in [0.05, 0.1) is 5.69 Å². The Kier molecular flexibility index (Phi) is 2.53. The fourth-order valence-corrected chi connectivity index (χ4v) is 2.93. The third kappa shape index (κ3) is 1.62. The summed E-state index contributed by atoms with van der Waals surface area (Å²) < 4.78 is 26.3. The summed E-state index contributed by atoms with van der Waals surface area (Å²) in [4.78, 5) is 3.01. The van der Waals surface area contributed by atoms with Crippen LogP contribution in [-0.2, 0) is 10.2 Å². The average molecular weight is 239 g/mol. The molecule has 0 aromatic heterocycles. The molecule has 1 saturated heterocycles. The van der Waals surface area contributed by atoms with Gasteiger partial charge in [-0.1, -0.05) is 0 Å². The standard InChI is InChI=1S/C9H11N4O2S/c1-12-6-7-13(16(12,14)15)9-4-2-8(11-10)3-5-9/h2-5H,6-7H2,1H3/q+1. The van der Waals surface area contributed by atoms with Gasteiger partial charge in [0.1, 0.15) is 0 Å². The first kappa shape index (κ1) is 10.9. The van der Waals surface area contributed by atoms with E-state index >= 15 is 0 Å². The van der Waals surface area contributed by atoms with E-state index in [0.717, 1.165) is 0 Å². The Balaban J connectivity index is 2.36. The smallest absolute Gasteiger partial charge is 0.256 e. The molecule has 0 N–H and O–H groups in total. The van der Waals surface area contributed by atoms with Gasteiger partial charge in [-0.25, -0.2) is 0 Å². The fraction of sp³-hybridized carbons (Fsp3) is 0.333. The summed E-state index contributed by atoms with van der Waals surface area (Å²) in [7, 11) is -1.82. The lowest BCUT2D eigenvalue weighted by Gasteiger charge is -2.17. The molecule has 7 heteroatoms. The molecule has 0 unspecified atom stereocenters. The first-order valence-electron chi connectivity index (χ1n) is 4.75. The summed E-state index contributed by atoms with van der Waals surface area (Å²) in [5.74, 6) is 0. The molecule has 1 heterocycles. The Morgan fingerprint density at radius 1 is 1.25 bits per heavy atom. The molecular formula is C9H11N4O2S+. The van der Waals surface area contributed by atoms with Crippen LogP contribution in [0.4, 0.5) is 11.4 Å². The Morgan fingerprint density at radius 2 is 1.88 bits per heavy atom. The maximum absolute atomic E-state index is 11.8. The quantitative estimate of drug-likeness (QED) is 0.691. The summed E-state index contributed by atoms with van der Waals surface area (Å²) in [6, 6.07) is 6.35.